The highest BCUT2D eigenvalue weighted by molar-refractivity contribution is 5.79. The standard InChI is InChI=1S/C14H28N2O/c1-4-13(8-11-5-6-11)16-14(17)12(9-15)7-10(2)3/h10-13H,4-9,15H2,1-3H3,(H,16,17). The molecule has 17 heavy (non-hydrogen) atoms. The number of nitrogens with two attached hydrogens (primary N) is 1. The molecule has 3 N–H and O–H groups in total. The van der Waals surface area contributed by atoms with Crippen LogP contribution in [0.25, 0.3) is 0 Å². The highest BCUT2D eigenvalue weighted by Crippen LogP contribution is 2.34. The average molecular weight is 240 g/mol. The smallest absolute Gasteiger partial charge is 0.224 e. The molecule has 0 aromatic carbocycles. The van der Waals surface area contributed by atoms with E-state index in [1.54, 1.807) is 0 Å². The lowest BCUT2D eigenvalue weighted by Gasteiger charge is -2.22. The first-order chi connectivity index (χ1) is 8.06. The fourth-order valence-corrected chi connectivity index (χ4v) is 2.28. The molecule has 3 nitrogen and oxygen atoms in total. The molecule has 0 saturated heterocycles. The third-order valence-corrected chi connectivity index (χ3v) is 3.57. The summed E-state index contributed by atoms with van der Waals surface area (Å²) in [4.78, 5) is 12.1. The Morgan fingerprint density at radius 1 is 1.41 bits per heavy atom. The van der Waals surface area contributed by atoms with Crippen molar-refractivity contribution in [3.8, 4) is 0 Å². The molecule has 0 aliphatic heterocycles. The second-order valence-corrected chi connectivity index (χ2v) is 5.86. The van der Waals surface area contributed by atoms with Gasteiger partial charge >= 0.3 is 0 Å². The number of rotatable bonds is 8. The van der Waals surface area contributed by atoms with Crippen LogP contribution in [0.5, 0.6) is 0 Å². The summed E-state index contributed by atoms with van der Waals surface area (Å²) in [5, 5.41) is 3.18. The maximum atomic E-state index is 12.1. The van der Waals surface area contributed by atoms with Gasteiger partial charge in [-0.25, -0.2) is 0 Å². The molecule has 0 heterocycles. The van der Waals surface area contributed by atoms with Crippen molar-refractivity contribution in [3.63, 3.8) is 0 Å². The van der Waals surface area contributed by atoms with Gasteiger partial charge in [-0.2, -0.15) is 0 Å². The van der Waals surface area contributed by atoms with E-state index in [9.17, 15) is 4.79 Å². The van der Waals surface area contributed by atoms with Crippen molar-refractivity contribution < 1.29 is 4.79 Å². The normalized spacial score (nSPS) is 19.1. The maximum absolute atomic E-state index is 12.1. The average Bonchev–Trinajstić information content (AvgIpc) is 3.08. The van der Waals surface area contributed by atoms with Gasteiger partial charge in [0.15, 0.2) is 0 Å². The first-order valence-electron chi connectivity index (χ1n) is 7.07. The molecule has 1 fully saturated rings. The molecule has 1 aliphatic carbocycles. The number of hydrogen-bond acceptors (Lipinski definition) is 2. The van der Waals surface area contributed by atoms with Gasteiger partial charge in [0.2, 0.25) is 5.91 Å². The van der Waals surface area contributed by atoms with Gasteiger partial charge < -0.3 is 11.1 Å². The van der Waals surface area contributed by atoms with E-state index in [0.717, 1.165) is 25.2 Å². The molecule has 2 atom stereocenters. The molecule has 100 valence electrons. The minimum atomic E-state index is -0.0109. The van der Waals surface area contributed by atoms with Crippen LogP contribution in [-0.2, 0) is 4.79 Å². The van der Waals surface area contributed by atoms with Gasteiger partial charge in [-0.1, -0.05) is 33.6 Å². The van der Waals surface area contributed by atoms with E-state index in [2.05, 4.69) is 26.1 Å². The topological polar surface area (TPSA) is 55.1 Å². The molecule has 0 bridgehead atoms. The lowest BCUT2D eigenvalue weighted by atomic mass is 9.95. The van der Waals surface area contributed by atoms with Gasteiger partial charge in [0, 0.05) is 12.6 Å². The van der Waals surface area contributed by atoms with Crippen LogP contribution in [0, 0.1) is 17.8 Å². The summed E-state index contributed by atoms with van der Waals surface area (Å²) in [5.41, 5.74) is 5.69. The zero-order valence-corrected chi connectivity index (χ0v) is 11.5. The minimum Gasteiger partial charge on any atom is -0.353 e. The molecule has 3 heteroatoms. The minimum absolute atomic E-state index is 0.0109. The van der Waals surface area contributed by atoms with E-state index < -0.39 is 0 Å². The highest BCUT2D eigenvalue weighted by Gasteiger charge is 2.27. The van der Waals surface area contributed by atoms with Crippen LogP contribution in [-0.4, -0.2) is 18.5 Å². The monoisotopic (exact) mass is 240 g/mol. The summed E-state index contributed by atoms with van der Waals surface area (Å²) in [6.07, 6.45) is 5.77. The molecule has 0 radical (unpaired) electrons. The molecule has 1 saturated carbocycles. The summed E-state index contributed by atoms with van der Waals surface area (Å²) in [5.74, 6) is 1.54. The molecule has 1 amide bonds. The largest absolute Gasteiger partial charge is 0.353 e. The molecule has 0 aromatic rings. The Morgan fingerprint density at radius 3 is 2.47 bits per heavy atom. The Hall–Kier alpha value is -0.570. The second-order valence-electron chi connectivity index (χ2n) is 5.86. The van der Waals surface area contributed by atoms with E-state index in [1.807, 2.05) is 0 Å². The number of carbonyl (C=O) groups is 1. The van der Waals surface area contributed by atoms with Crippen LogP contribution in [0.15, 0.2) is 0 Å². The zero-order valence-electron chi connectivity index (χ0n) is 11.5. The predicted octanol–water partition coefficient (Wildman–Crippen LogP) is 2.30. The van der Waals surface area contributed by atoms with Crippen LogP contribution in [0.4, 0.5) is 0 Å². The van der Waals surface area contributed by atoms with E-state index in [0.29, 0.717) is 18.5 Å². The van der Waals surface area contributed by atoms with Crippen LogP contribution < -0.4 is 11.1 Å². The van der Waals surface area contributed by atoms with E-state index >= 15 is 0 Å². The van der Waals surface area contributed by atoms with Gasteiger partial charge in [0.25, 0.3) is 0 Å². The molecule has 1 aliphatic rings. The Bertz CT molecular complexity index is 236. The number of carbonyl (C=O) groups excluding carboxylic acids is 1. The van der Waals surface area contributed by atoms with Crippen molar-refractivity contribution in [1.29, 1.82) is 0 Å². The summed E-state index contributed by atoms with van der Waals surface area (Å²) in [7, 11) is 0. The quantitative estimate of drug-likeness (QED) is 0.684. The van der Waals surface area contributed by atoms with Crippen molar-refractivity contribution in [2.24, 2.45) is 23.5 Å². The van der Waals surface area contributed by atoms with Crippen molar-refractivity contribution in [1.82, 2.24) is 5.32 Å². The molecule has 0 aromatic heterocycles. The number of amides is 1. The first kappa shape index (κ1) is 14.5. The van der Waals surface area contributed by atoms with Gasteiger partial charge in [0.1, 0.15) is 0 Å². The van der Waals surface area contributed by atoms with Crippen LogP contribution >= 0.6 is 0 Å². The van der Waals surface area contributed by atoms with E-state index in [-0.39, 0.29) is 11.8 Å². The van der Waals surface area contributed by atoms with E-state index in [4.69, 9.17) is 5.73 Å². The van der Waals surface area contributed by atoms with Crippen molar-refractivity contribution in [3.05, 3.63) is 0 Å². The fraction of sp³-hybridized carbons (Fsp3) is 0.929. The Kier molecular flexibility index (Phi) is 5.96. The van der Waals surface area contributed by atoms with Gasteiger partial charge in [-0.15, -0.1) is 0 Å². The maximum Gasteiger partial charge on any atom is 0.224 e. The van der Waals surface area contributed by atoms with Crippen LogP contribution in [0.1, 0.15) is 52.9 Å². The Morgan fingerprint density at radius 2 is 2.06 bits per heavy atom. The lowest BCUT2D eigenvalue weighted by Crippen LogP contribution is -2.41. The third kappa shape index (κ3) is 5.53. The van der Waals surface area contributed by atoms with Gasteiger partial charge in [-0.05, 0) is 31.1 Å². The summed E-state index contributed by atoms with van der Waals surface area (Å²) in [6, 6.07) is 0.358. The van der Waals surface area contributed by atoms with Crippen molar-refractivity contribution in [2.45, 2.75) is 58.9 Å². The summed E-state index contributed by atoms with van der Waals surface area (Å²) >= 11 is 0. The molecular formula is C14H28N2O. The van der Waals surface area contributed by atoms with Crippen LogP contribution in [0.3, 0.4) is 0 Å². The van der Waals surface area contributed by atoms with Crippen molar-refractivity contribution >= 4 is 5.91 Å². The first-order valence-corrected chi connectivity index (χ1v) is 7.07. The second kappa shape index (κ2) is 7.00. The highest BCUT2D eigenvalue weighted by atomic mass is 16.1. The van der Waals surface area contributed by atoms with Gasteiger partial charge in [0.05, 0.1) is 5.92 Å². The molecular weight excluding hydrogens is 212 g/mol. The van der Waals surface area contributed by atoms with Crippen LogP contribution in [0.2, 0.25) is 0 Å². The zero-order chi connectivity index (χ0) is 12.8. The fourth-order valence-electron chi connectivity index (χ4n) is 2.28. The van der Waals surface area contributed by atoms with Gasteiger partial charge in [-0.3, -0.25) is 4.79 Å². The number of hydrogen-bond donors (Lipinski definition) is 2. The van der Waals surface area contributed by atoms with E-state index in [1.165, 1.54) is 12.8 Å². The van der Waals surface area contributed by atoms with Crippen molar-refractivity contribution in [2.75, 3.05) is 6.54 Å². The summed E-state index contributed by atoms with van der Waals surface area (Å²) in [6.45, 7) is 6.88. The molecule has 2 unspecified atom stereocenters. The summed E-state index contributed by atoms with van der Waals surface area (Å²) < 4.78 is 0. The third-order valence-electron chi connectivity index (χ3n) is 3.57. The lowest BCUT2D eigenvalue weighted by molar-refractivity contribution is -0.126. The predicted molar refractivity (Wildman–Crippen MR) is 71.6 cm³/mol. The SMILES string of the molecule is CCC(CC1CC1)NC(=O)C(CN)CC(C)C. The molecule has 0 spiro atoms. The molecule has 1 rings (SSSR count). The number of nitrogens with one attached hydrogen (secondary N) is 1. The Labute approximate surface area is 106 Å². The Balaban J connectivity index is 2.37.